The first kappa shape index (κ1) is 14.7. The van der Waals surface area contributed by atoms with E-state index in [2.05, 4.69) is 30.0 Å². The predicted octanol–water partition coefficient (Wildman–Crippen LogP) is 2.34. The van der Waals surface area contributed by atoms with Crippen molar-refractivity contribution in [2.45, 2.75) is 12.8 Å². The van der Waals surface area contributed by atoms with E-state index in [1.54, 1.807) is 7.11 Å². The lowest BCUT2D eigenvalue weighted by Crippen LogP contribution is -2.35. The summed E-state index contributed by atoms with van der Waals surface area (Å²) in [4.78, 5) is 4.57. The molecule has 0 radical (unpaired) electrons. The van der Waals surface area contributed by atoms with E-state index < -0.39 is 0 Å². The Morgan fingerprint density at radius 3 is 2.70 bits per heavy atom. The van der Waals surface area contributed by atoms with Crippen molar-refractivity contribution < 1.29 is 4.74 Å². The van der Waals surface area contributed by atoms with E-state index in [0.29, 0.717) is 11.5 Å². The number of nitriles is 1. The summed E-state index contributed by atoms with van der Waals surface area (Å²) in [6.07, 6.45) is 2.46. The minimum Gasteiger partial charge on any atom is -0.497 e. The van der Waals surface area contributed by atoms with Crippen LogP contribution in [0, 0.1) is 17.2 Å². The van der Waals surface area contributed by atoms with Crippen LogP contribution in [0.4, 0.5) is 5.69 Å². The quantitative estimate of drug-likeness (QED) is 0.844. The Kier molecular flexibility index (Phi) is 4.86. The van der Waals surface area contributed by atoms with Crippen molar-refractivity contribution in [2.75, 3.05) is 45.7 Å². The highest BCUT2D eigenvalue weighted by Crippen LogP contribution is 2.27. The van der Waals surface area contributed by atoms with Crippen LogP contribution in [0.3, 0.4) is 0 Å². The van der Waals surface area contributed by atoms with Crippen molar-refractivity contribution in [3.05, 3.63) is 23.8 Å². The molecule has 0 spiro atoms. The summed E-state index contributed by atoms with van der Waals surface area (Å²) >= 11 is 0. The minimum atomic E-state index is 0.703. The molecule has 4 heteroatoms. The van der Waals surface area contributed by atoms with Crippen LogP contribution in [0.2, 0.25) is 0 Å². The molecule has 0 unspecified atom stereocenters. The molecule has 0 amide bonds. The Bertz CT molecular complexity index is 487. The third-order valence-corrected chi connectivity index (χ3v) is 4.11. The summed E-state index contributed by atoms with van der Waals surface area (Å²) in [6, 6.07) is 7.89. The highest BCUT2D eigenvalue weighted by Gasteiger charge is 2.19. The van der Waals surface area contributed by atoms with Crippen LogP contribution in [-0.4, -0.2) is 45.7 Å². The van der Waals surface area contributed by atoms with Gasteiger partial charge in [-0.3, -0.25) is 0 Å². The molecule has 0 aliphatic carbocycles. The van der Waals surface area contributed by atoms with Crippen molar-refractivity contribution in [3.8, 4) is 11.8 Å². The number of likely N-dealkylation sites (tertiary alicyclic amines) is 1. The molecule has 108 valence electrons. The van der Waals surface area contributed by atoms with E-state index >= 15 is 0 Å². The first-order chi connectivity index (χ1) is 9.63. The number of anilines is 1. The van der Waals surface area contributed by atoms with Gasteiger partial charge >= 0.3 is 0 Å². The van der Waals surface area contributed by atoms with Gasteiger partial charge in [0.1, 0.15) is 11.8 Å². The molecular weight excluding hydrogens is 250 g/mol. The van der Waals surface area contributed by atoms with Crippen molar-refractivity contribution in [1.29, 1.82) is 5.26 Å². The van der Waals surface area contributed by atoms with Gasteiger partial charge < -0.3 is 14.5 Å². The van der Waals surface area contributed by atoms with Gasteiger partial charge in [-0.1, -0.05) is 0 Å². The molecule has 0 bridgehead atoms. The Labute approximate surface area is 121 Å². The number of rotatable bonds is 4. The molecule has 1 aliphatic heterocycles. The zero-order chi connectivity index (χ0) is 14.5. The fraction of sp³-hybridized carbons (Fsp3) is 0.562. The fourth-order valence-electron chi connectivity index (χ4n) is 2.78. The van der Waals surface area contributed by atoms with Crippen LogP contribution < -0.4 is 9.64 Å². The van der Waals surface area contributed by atoms with E-state index in [9.17, 15) is 5.26 Å². The minimum absolute atomic E-state index is 0.703. The number of hydrogen-bond acceptors (Lipinski definition) is 4. The lowest BCUT2D eigenvalue weighted by atomic mass is 9.96. The van der Waals surface area contributed by atoms with E-state index in [0.717, 1.165) is 18.0 Å². The molecule has 1 aromatic rings. The molecule has 0 saturated carbocycles. The third kappa shape index (κ3) is 3.43. The Morgan fingerprint density at radius 2 is 2.10 bits per heavy atom. The molecule has 4 nitrogen and oxygen atoms in total. The topological polar surface area (TPSA) is 39.5 Å². The number of piperidine rings is 1. The van der Waals surface area contributed by atoms with Crippen LogP contribution in [0.25, 0.3) is 0 Å². The maximum atomic E-state index is 9.25. The molecule has 1 aliphatic rings. The van der Waals surface area contributed by atoms with Crippen LogP contribution in [0.1, 0.15) is 18.4 Å². The average Bonchev–Trinajstić information content (AvgIpc) is 2.48. The maximum Gasteiger partial charge on any atom is 0.121 e. The van der Waals surface area contributed by atoms with Gasteiger partial charge in [0.25, 0.3) is 0 Å². The van der Waals surface area contributed by atoms with Gasteiger partial charge in [-0.15, -0.1) is 0 Å². The number of methoxy groups -OCH3 is 1. The lowest BCUT2D eigenvalue weighted by molar-refractivity contribution is 0.222. The van der Waals surface area contributed by atoms with Gasteiger partial charge in [0.15, 0.2) is 0 Å². The SMILES string of the molecule is COc1ccc(C#N)c(N(C)CC2CCN(C)CC2)c1. The number of ether oxygens (including phenoxy) is 1. The second-order valence-corrected chi connectivity index (χ2v) is 5.62. The molecule has 2 rings (SSSR count). The van der Waals surface area contributed by atoms with E-state index in [1.807, 2.05) is 18.2 Å². The van der Waals surface area contributed by atoms with Crippen molar-refractivity contribution in [3.63, 3.8) is 0 Å². The van der Waals surface area contributed by atoms with Crippen LogP contribution in [0.15, 0.2) is 18.2 Å². The molecule has 1 aromatic carbocycles. The van der Waals surface area contributed by atoms with Crippen molar-refractivity contribution >= 4 is 5.69 Å². The molecule has 0 atom stereocenters. The summed E-state index contributed by atoms with van der Waals surface area (Å²) in [6.45, 7) is 3.33. The lowest BCUT2D eigenvalue weighted by Gasteiger charge is -2.32. The molecule has 1 saturated heterocycles. The molecular formula is C16H23N3O. The van der Waals surface area contributed by atoms with Gasteiger partial charge in [-0.05, 0) is 51.0 Å². The Hall–Kier alpha value is -1.73. The maximum absolute atomic E-state index is 9.25. The summed E-state index contributed by atoms with van der Waals surface area (Å²) in [5, 5.41) is 9.25. The van der Waals surface area contributed by atoms with E-state index in [4.69, 9.17) is 4.74 Å². The summed E-state index contributed by atoms with van der Waals surface area (Å²) in [5.41, 5.74) is 1.67. The first-order valence-corrected chi connectivity index (χ1v) is 7.12. The molecule has 1 fully saturated rings. The average molecular weight is 273 g/mol. The fourth-order valence-corrected chi connectivity index (χ4v) is 2.78. The largest absolute Gasteiger partial charge is 0.497 e. The summed E-state index contributed by atoms with van der Waals surface area (Å²) in [7, 11) is 5.89. The zero-order valence-electron chi connectivity index (χ0n) is 12.6. The summed E-state index contributed by atoms with van der Waals surface area (Å²) < 4.78 is 5.27. The Morgan fingerprint density at radius 1 is 1.40 bits per heavy atom. The molecule has 1 heterocycles. The standard InChI is InChI=1S/C16H23N3O/c1-18-8-6-13(7-9-18)12-19(2)16-10-15(20-3)5-4-14(16)11-17/h4-5,10,13H,6-9,12H2,1-3H3. The summed E-state index contributed by atoms with van der Waals surface area (Å²) in [5.74, 6) is 1.50. The number of hydrogen-bond donors (Lipinski definition) is 0. The van der Waals surface area contributed by atoms with Crippen LogP contribution in [-0.2, 0) is 0 Å². The van der Waals surface area contributed by atoms with Gasteiger partial charge in [-0.2, -0.15) is 5.26 Å². The molecule has 0 aromatic heterocycles. The van der Waals surface area contributed by atoms with Gasteiger partial charge in [0, 0.05) is 19.7 Å². The Balaban J connectivity index is 2.08. The predicted molar refractivity (Wildman–Crippen MR) is 81.2 cm³/mol. The number of benzene rings is 1. The van der Waals surface area contributed by atoms with Gasteiger partial charge in [0.05, 0.1) is 18.4 Å². The van der Waals surface area contributed by atoms with E-state index in [-0.39, 0.29) is 0 Å². The van der Waals surface area contributed by atoms with Crippen molar-refractivity contribution in [1.82, 2.24) is 4.90 Å². The highest BCUT2D eigenvalue weighted by atomic mass is 16.5. The van der Waals surface area contributed by atoms with Crippen LogP contribution in [0.5, 0.6) is 5.75 Å². The first-order valence-electron chi connectivity index (χ1n) is 7.12. The zero-order valence-corrected chi connectivity index (χ0v) is 12.6. The highest BCUT2D eigenvalue weighted by molar-refractivity contribution is 5.61. The second-order valence-electron chi connectivity index (χ2n) is 5.62. The second kappa shape index (κ2) is 6.62. The monoisotopic (exact) mass is 273 g/mol. The van der Waals surface area contributed by atoms with Gasteiger partial charge in [-0.25, -0.2) is 0 Å². The number of nitrogens with zero attached hydrogens (tertiary/aromatic N) is 3. The van der Waals surface area contributed by atoms with Crippen molar-refractivity contribution in [2.24, 2.45) is 5.92 Å². The van der Waals surface area contributed by atoms with Crippen LogP contribution >= 0.6 is 0 Å². The van der Waals surface area contributed by atoms with E-state index in [1.165, 1.54) is 25.9 Å². The molecule has 20 heavy (non-hydrogen) atoms. The van der Waals surface area contributed by atoms with Gasteiger partial charge in [0.2, 0.25) is 0 Å². The third-order valence-electron chi connectivity index (χ3n) is 4.11. The molecule has 0 N–H and O–H groups in total. The normalized spacial score (nSPS) is 16.7. The smallest absolute Gasteiger partial charge is 0.121 e.